The minimum atomic E-state index is -0.723. The van der Waals surface area contributed by atoms with Crippen molar-refractivity contribution in [3.63, 3.8) is 0 Å². The topological polar surface area (TPSA) is 215 Å². The maximum atomic E-state index is 14.7. The predicted molar refractivity (Wildman–Crippen MR) is 277 cm³/mol. The van der Waals surface area contributed by atoms with Crippen molar-refractivity contribution in [1.29, 1.82) is 0 Å². The number of likely N-dealkylation sites (tertiary alicyclic amines) is 2. The molecule has 6 aromatic rings. The van der Waals surface area contributed by atoms with Gasteiger partial charge in [-0.25, -0.2) is 34.5 Å². The molecule has 394 valence electrons. The van der Waals surface area contributed by atoms with Crippen molar-refractivity contribution < 1.29 is 53.1 Å². The highest BCUT2D eigenvalue weighted by molar-refractivity contribution is 7.11. The van der Waals surface area contributed by atoms with Crippen LogP contribution in [-0.4, -0.2) is 99.4 Å². The van der Waals surface area contributed by atoms with Crippen molar-refractivity contribution in [2.24, 2.45) is 17.8 Å². The summed E-state index contributed by atoms with van der Waals surface area (Å²) in [6, 6.07) is 11.5. The second kappa shape index (κ2) is 19.1. The number of piperidine rings is 1. The van der Waals surface area contributed by atoms with Gasteiger partial charge in [0.05, 0.1) is 36.9 Å². The second-order valence-corrected chi connectivity index (χ2v) is 23.8. The zero-order chi connectivity index (χ0) is 52.0. The summed E-state index contributed by atoms with van der Waals surface area (Å²) in [4.78, 5) is 76.5. The van der Waals surface area contributed by atoms with Gasteiger partial charge in [0.1, 0.15) is 47.2 Å². The number of aryl methyl sites for hydroxylation is 1. The van der Waals surface area contributed by atoms with E-state index >= 15 is 0 Å². The third-order valence-electron chi connectivity index (χ3n) is 17.0. The van der Waals surface area contributed by atoms with E-state index in [1.807, 2.05) is 49.9 Å². The van der Waals surface area contributed by atoms with Gasteiger partial charge in [0.25, 0.3) is 11.6 Å². The first-order valence-corrected chi connectivity index (χ1v) is 27.6. The lowest BCUT2D eigenvalue weighted by molar-refractivity contribution is -0.394. The molecule has 6 aliphatic rings. The molecule has 12 rings (SSSR count). The van der Waals surface area contributed by atoms with Crippen LogP contribution < -0.4 is 30.3 Å². The van der Waals surface area contributed by atoms with Gasteiger partial charge in [0.15, 0.2) is 17.6 Å². The number of carbonyl (C=O) groups excluding carboxylic acids is 4. The number of thiazole rings is 1. The van der Waals surface area contributed by atoms with Crippen LogP contribution in [-0.2, 0) is 23.8 Å². The highest BCUT2D eigenvalue weighted by Crippen LogP contribution is 2.54. The van der Waals surface area contributed by atoms with Crippen LogP contribution in [0.4, 0.5) is 9.59 Å². The number of hydrogen-bond donors (Lipinski definition) is 4. The fraction of sp³-hybridized carbons (Fsp3) is 0.518. The molecule has 4 aromatic heterocycles. The van der Waals surface area contributed by atoms with E-state index in [1.165, 1.54) is 38.5 Å². The largest absolute Gasteiger partial charge is 0.464 e. The molecule has 2 saturated carbocycles. The van der Waals surface area contributed by atoms with Gasteiger partial charge in [-0.3, -0.25) is 14.2 Å². The molecule has 8 atom stereocenters. The molecule has 4 aliphatic heterocycles. The van der Waals surface area contributed by atoms with Crippen molar-refractivity contribution >= 4 is 46.2 Å². The van der Waals surface area contributed by atoms with Gasteiger partial charge in [0, 0.05) is 41.3 Å². The zero-order valence-electron chi connectivity index (χ0n) is 43.8. The third kappa shape index (κ3) is 8.92. The molecule has 0 radical (unpaired) electrons. The number of imidazole rings is 2. The Kier molecular flexibility index (Phi) is 12.5. The molecule has 5 fully saturated rings. The van der Waals surface area contributed by atoms with Crippen LogP contribution in [0.25, 0.3) is 44.7 Å². The van der Waals surface area contributed by atoms with E-state index in [4.69, 9.17) is 18.9 Å². The first-order valence-electron chi connectivity index (χ1n) is 26.8. The average Bonchev–Trinajstić information content (AvgIpc) is 4.17. The summed E-state index contributed by atoms with van der Waals surface area (Å²) in [5, 5.41) is 8.04. The molecule has 75 heavy (non-hydrogen) atoms. The van der Waals surface area contributed by atoms with Crippen molar-refractivity contribution in [2.75, 3.05) is 27.4 Å². The van der Waals surface area contributed by atoms with E-state index in [1.54, 1.807) is 11.3 Å². The lowest BCUT2D eigenvalue weighted by Crippen LogP contribution is -2.55. The summed E-state index contributed by atoms with van der Waals surface area (Å²) in [5.41, 5.74) is 7.55. The molecule has 0 bridgehead atoms. The van der Waals surface area contributed by atoms with E-state index in [-0.39, 0.29) is 41.8 Å². The lowest BCUT2D eigenvalue weighted by Gasteiger charge is -2.40. The van der Waals surface area contributed by atoms with Crippen LogP contribution >= 0.6 is 11.3 Å². The Bertz CT molecular complexity index is 3210. The number of nitrogens with one attached hydrogen (secondary N) is 7. The predicted octanol–water partition coefficient (Wildman–Crippen LogP) is 7.95. The fourth-order valence-corrected chi connectivity index (χ4v) is 13.9. The van der Waals surface area contributed by atoms with Gasteiger partial charge < -0.3 is 39.4 Å². The number of H-pyrrole nitrogens is 5. The highest BCUT2D eigenvalue weighted by atomic mass is 32.1. The number of benzene rings is 2. The molecular weight excluding hydrogens is 973 g/mol. The minimum absolute atomic E-state index is 0.0709. The normalized spacial score (nSPS) is 24.4. The Morgan fingerprint density at radius 2 is 1.59 bits per heavy atom. The smallest absolute Gasteiger partial charge is 0.407 e. The van der Waals surface area contributed by atoms with E-state index in [0.717, 1.165) is 98.2 Å². The number of amides is 4. The van der Waals surface area contributed by atoms with E-state index in [2.05, 4.69) is 89.6 Å². The van der Waals surface area contributed by atoms with Crippen molar-refractivity contribution in [2.45, 2.75) is 140 Å². The van der Waals surface area contributed by atoms with Gasteiger partial charge in [-0.15, -0.1) is 0 Å². The van der Waals surface area contributed by atoms with Gasteiger partial charge in [-0.1, -0.05) is 31.6 Å². The van der Waals surface area contributed by atoms with Crippen LogP contribution in [0.1, 0.15) is 137 Å². The van der Waals surface area contributed by atoms with E-state index in [0.29, 0.717) is 37.8 Å². The molecule has 2 aromatic carbocycles. The minimum Gasteiger partial charge on any atom is -0.464 e. The summed E-state index contributed by atoms with van der Waals surface area (Å²) in [6.07, 6.45) is 12.8. The third-order valence-corrected chi connectivity index (χ3v) is 18.2. The van der Waals surface area contributed by atoms with Gasteiger partial charge in [-0.05, 0) is 132 Å². The second-order valence-electron chi connectivity index (χ2n) is 22.7. The molecule has 18 nitrogen and oxygen atoms in total. The SMILES string of the molecule is COC(=O)NC(C(=O)N1[C@@H]2C[C@@H]2C[C@H]1c1[nH]c(-c2ccc3c(c2)cc2n3C(c3c[nH+]c(C4CCC4)s3)Oc3cc(-c4c[nH+]c([C@@H]5CCCN5C(=O)[C@@H](NC(=O)OC)C(C)C)[nH]4)cc(C)c3-2)c[nH+]1)C1CCOC(C)(C)C1. The number of rotatable bonds is 12. The Hall–Kier alpha value is -6.73. The average molecular weight is 1040 g/mol. The first-order chi connectivity index (χ1) is 36.2. The van der Waals surface area contributed by atoms with Crippen LogP contribution in [0.5, 0.6) is 5.75 Å². The summed E-state index contributed by atoms with van der Waals surface area (Å²) in [7, 11) is 2.64. The molecule has 4 amide bonds. The Morgan fingerprint density at radius 3 is 2.31 bits per heavy atom. The Balaban J connectivity index is 0.852. The van der Waals surface area contributed by atoms with E-state index in [9.17, 15) is 19.2 Å². The monoisotopic (exact) mass is 1040 g/mol. The standard InChI is InChI=1S/C56H66N10O8S/c1-28(2)46(62-54(69)71-6)51(67)64-16-9-12-39(64)48-57-26-37(61-48)33-18-29(3)45-41-21-34-19-31(13-14-38(34)66(41)53(74-43(45)23-33)44-27-59-50(75-44)30-10-8-11-30)36-25-58-49(60-36)42-22-35-20-40(35)65(42)52(68)47(63-55(70)72-7)32-15-17-73-56(4,5)24-32/h13-14,18-19,21,23,25-28,30,32,35,39-40,42,46-47,53H,8-12,15-17,20,22,24H2,1-7H3,(H,57,61)(H,58,60)(H,62,69)(H,63,70)/p+3/t32?,35-,39+,40-,42+,46+,47?,53?/m1/s1. The summed E-state index contributed by atoms with van der Waals surface area (Å²) < 4.78 is 25.4. The van der Waals surface area contributed by atoms with Crippen LogP contribution in [0.3, 0.4) is 0 Å². The molecule has 3 unspecified atom stereocenters. The number of carbonyl (C=O) groups is 4. The molecule has 19 heteroatoms. The van der Waals surface area contributed by atoms with Crippen LogP contribution in [0, 0.1) is 24.7 Å². The number of methoxy groups -OCH3 is 2. The summed E-state index contributed by atoms with van der Waals surface area (Å²) in [5.74, 6) is 3.02. The summed E-state index contributed by atoms with van der Waals surface area (Å²) in [6.45, 7) is 11.2. The molecule has 2 aliphatic carbocycles. The maximum absolute atomic E-state index is 14.7. The van der Waals surface area contributed by atoms with E-state index < -0.39 is 36.1 Å². The van der Waals surface area contributed by atoms with Crippen LogP contribution in [0.15, 0.2) is 55.0 Å². The fourth-order valence-electron chi connectivity index (χ4n) is 12.8. The van der Waals surface area contributed by atoms with Crippen molar-refractivity contribution in [3.05, 3.63) is 82.1 Å². The number of nitrogens with zero attached hydrogens (tertiary/aromatic N) is 3. The highest BCUT2D eigenvalue weighted by Gasteiger charge is 2.58. The molecule has 7 N–H and O–H groups in total. The molecular formula is C56H69N10O8S+3. The zero-order valence-corrected chi connectivity index (χ0v) is 44.6. The summed E-state index contributed by atoms with van der Waals surface area (Å²) >= 11 is 1.80. The molecule has 8 heterocycles. The number of hydrogen-bond acceptors (Lipinski definition) is 9. The Morgan fingerprint density at radius 1 is 0.840 bits per heavy atom. The number of aromatic nitrogens is 6. The number of fused-ring (bicyclic) bond motifs is 6. The van der Waals surface area contributed by atoms with Gasteiger partial charge in [0.2, 0.25) is 23.0 Å². The van der Waals surface area contributed by atoms with Crippen molar-refractivity contribution in [3.8, 4) is 39.5 Å². The maximum Gasteiger partial charge on any atom is 0.407 e. The van der Waals surface area contributed by atoms with Gasteiger partial charge >= 0.3 is 12.2 Å². The molecule has 3 saturated heterocycles. The quantitative estimate of drug-likeness (QED) is 0.0942. The molecule has 0 spiro atoms. The number of ether oxygens (including phenoxy) is 4. The number of aromatic amines is 5. The lowest BCUT2D eigenvalue weighted by atomic mass is 9.82. The van der Waals surface area contributed by atoms with Gasteiger partial charge in [-0.2, -0.15) is 0 Å². The van der Waals surface area contributed by atoms with Crippen molar-refractivity contribution in [1.82, 2.24) is 35.0 Å². The Labute approximate surface area is 439 Å². The number of alkyl carbamates (subject to hydrolysis) is 2. The van der Waals surface area contributed by atoms with Crippen LogP contribution in [0.2, 0.25) is 0 Å². The first kappa shape index (κ1) is 49.2.